The van der Waals surface area contributed by atoms with Gasteiger partial charge in [0.2, 0.25) is 0 Å². The lowest BCUT2D eigenvalue weighted by molar-refractivity contribution is -0.203. The molecule has 5 rings (SSSR count). The monoisotopic (exact) mass is 631 g/mol. The van der Waals surface area contributed by atoms with Crippen molar-refractivity contribution in [3.63, 3.8) is 0 Å². The maximum absolute atomic E-state index is 12.8. The van der Waals surface area contributed by atoms with Gasteiger partial charge in [0.1, 0.15) is 0 Å². The predicted molar refractivity (Wildman–Crippen MR) is 172 cm³/mol. The molecule has 0 radical (unpaired) electrons. The molecular formula is C36H57NO6S. The van der Waals surface area contributed by atoms with Crippen LogP contribution in [0.4, 0.5) is 4.79 Å². The van der Waals surface area contributed by atoms with E-state index >= 15 is 0 Å². The average molecular weight is 632 g/mol. The minimum Gasteiger partial charge on any atom is -0.449 e. The van der Waals surface area contributed by atoms with E-state index in [1.165, 1.54) is 12.1 Å². The molecule has 0 heterocycles. The minimum atomic E-state index is -4.02. The van der Waals surface area contributed by atoms with Crippen LogP contribution in [0.15, 0.2) is 29.2 Å². The predicted octanol–water partition coefficient (Wildman–Crippen LogP) is 7.05. The molecule has 0 aliphatic heterocycles. The van der Waals surface area contributed by atoms with Gasteiger partial charge in [-0.15, -0.1) is 0 Å². The van der Waals surface area contributed by atoms with E-state index in [0.29, 0.717) is 41.9 Å². The summed E-state index contributed by atoms with van der Waals surface area (Å²) in [5.41, 5.74) is 1.23. The normalized spacial score (nSPS) is 39.5. The second-order valence-corrected chi connectivity index (χ2v) is 18.1. The topological polar surface area (TPSA) is 113 Å². The van der Waals surface area contributed by atoms with Crippen molar-refractivity contribution in [1.82, 2.24) is 4.72 Å². The second-order valence-electron chi connectivity index (χ2n) is 16.4. The Bertz CT molecular complexity index is 1290. The van der Waals surface area contributed by atoms with Crippen LogP contribution in [-0.4, -0.2) is 43.5 Å². The summed E-state index contributed by atoms with van der Waals surface area (Å²) < 4.78 is 33.0. The SMILES string of the molecule is CC[C@H]1[C@@H](O)[C@@H]2[C@H](CC[C@]3(C)[C@@H]([C@H](C)CCOC(=O)NS(=O)(=O)c4ccc(C(C)(C)C)cc4)CC[C@@H]23)[C@@]2(C)CC[C@@H](O)C[C@@H]12. The molecular weight excluding hydrogens is 574 g/mol. The molecule has 0 aromatic heterocycles. The van der Waals surface area contributed by atoms with Crippen molar-refractivity contribution in [2.24, 2.45) is 52.3 Å². The van der Waals surface area contributed by atoms with Crippen LogP contribution >= 0.6 is 0 Å². The fourth-order valence-corrected chi connectivity index (χ4v) is 11.7. The maximum atomic E-state index is 12.8. The number of aliphatic hydroxyl groups is 2. The van der Waals surface area contributed by atoms with Crippen LogP contribution < -0.4 is 4.72 Å². The van der Waals surface area contributed by atoms with E-state index in [4.69, 9.17) is 4.74 Å². The van der Waals surface area contributed by atoms with E-state index < -0.39 is 16.1 Å². The van der Waals surface area contributed by atoms with Gasteiger partial charge in [-0.05, 0) is 127 Å². The molecule has 0 unspecified atom stereocenters. The molecule has 248 valence electrons. The Labute approximate surface area is 266 Å². The minimum absolute atomic E-state index is 0.0381. The number of carbonyl (C=O) groups is 1. The lowest BCUT2D eigenvalue weighted by Crippen LogP contribution is -2.62. The lowest BCUT2D eigenvalue weighted by atomic mass is 9.41. The van der Waals surface area contributed by atoms with E-state index in [-0.39, 0.29) is 45.9 Å². The third kappa shape index (κ3) is 5.97. The average Bonchev–Trinajstić information content (AvgIpc) is 3.30. The zero-order valence-corrected chi connectivity index (χ0v) is 28.8. The molecule has 44 heavy (non-hydrogen) atoms. The van der Waals surface area contributed by atoms with Gasteiger partial charge in [0, 0.05) is 0 Å². The Morgan fingerprint density at radius 1 is 1.00 bits per heavy atom. The molecule has 1 aromatic carbocycles. The summed E-state index contributed by atoms with van der Waals surface area (Å²) >= 11 is 0. The highest BCUT2D eigenvalue weighted by Gasteiger charge is 2.64. The summed E-state index contributed by atoms with van der Waals surface area (Å²) in [4.78, 5) is 12.6. The molecule has 3 N–H and O–H groups in total. The Morgan fingerprint density at radius 2 is 1.64 bits per heavy atom. The zero-order chi connectivity index (χ0) is 32.2. The number of fused-ring (bicyclic) bond motifs is 5. The first kappa shape index (κ1) is 33.7. The van der Waals surface area contributed by atoms with Gasteiger partial charge in [0.25, 0.3) is 10.0 Å². The van der Waals surface area contributed by atoms with Gasteiger partial charge in [0.15, 0.2) is 0 Å². The molecule has 1 aromatic rings. The Balaban J connectivity index is 1.19. The van der Waals surface area contributed by atoms with Gasteiger partial charge in [-0.25, -0.2) is 17.9 Å². The number of hydrogen-bond donors (Lipinski definition) is 3. The fourth-order valence-electron chi connectivity index (χ4n) is 10.8. The molecule has 7 nitrogen and oxygen atoms in total. The van der Waals surface area contributed by atoms with Crippen LogP contribution in [0.1, 0.15) is 112 Å². The van der Waals surface area contributed by atoms with Crippen LogP contribution in [0, 0.1) is 52.3 Å². The molecule has 8 heteroatoms. The summed E-state index contributed by atoms with van der Waals surface area (Å²) in [5.74, 6) is 2.70. The highest BCUT2D eigenvalue weighted by atomic mass is 32.2. The van der Waals surface area contributed by atoms with Gasteiger partial charge in [-0.3, -0.25) is 0 Å². The Hall–Kier alpha value is -1.64. The highest BCUT2D eigenvalue weighted by Crippen LogP contribution is 2.69. The van der Waals surface area contributed by atoms with Crippen molar-refractivity contribution in [2.45, 2.75) is 129 Å². The van der Waals surface area contributed by atoms with Gasteiger partial charge < -0.3 is 14.9 Å². The first-order valence-corrected chi connectivity index (χ1v) is 18.7. The molecule has 1 amide bonds. The second kappa shape index (κ2) is 12.2. The molecule has 11 atom stereocenters. The number of hydrogen-bond acceptors (Lipinski definition) is 6. The van der Waals surface area contributed by atoms with Crippen LogP contribution in [0.2, 0.25) is 0 Å². The third-order valence-electron chi connectivity index (χ3n) is 13.2. The standard InChI is InChI=1S/C36H57NO6S/c1-8-26-30-21-24(38)15-18-36(30,7)29-16-19-35(6)27(13-14-28(35)31(29)32(26)39)22(2)17-20-43-33(40)37-44(41,42)25-11-9-23(10-12-25)34(3,4)5/h9-12,22,24,26-32,38-39H,8,13-21H2,1-7H3,(H,37,40)/t22-,24-,26-,27-,28+,29+,30+,31+,32-,35-,36-/m1/s1. The number of ether oxygens (including phenoxy) is 1. The van der Waals surface area contributed by atoms with Gasteiger partial charge in [-0.1, -0.05) is 67.0 Å². The van der Waals surface area contributed by atoms with E-state index in [1.54, 1.807) is 12.1 Å². The first-order valence-electron chi connectivity index (χ1n) is 17.2. The lowest BCUT2D eigenvalue weighted by Gasteiger charge is -2.64. The zero-order valence-electron chi connectivity index (χ0n) is 28.0. The number of carbonyl (C=O) groups excluding carboxylic acids is 1. The molecule has 0 bridgehead atoms. The summed E-state index contributed by atoms with van der Waals surface area (Å²) in [6, 6.07) is 6.59. The van der Waals surface area contributed by atoms with Crippen LogP contribution in [-0.2, 0) is 20.2 Å². The van der Waals surface area contributed by atoms with Crippen molar-refractivity contribution in [2.75, 3.05) is 6.61 Å². The number of amides is 1. The summed E-state index contributed by atoms with van der Waals surface area (Å²) in [6.45, 7) is 15.7. The maximum Gasteiger partial charge on any atom is 0.421 e. The number of aliphatic hydroxyl groups excluding tert-OH is 2. The van der Waals surface area contributed by atoms with Crippen molar-refractivity contribution in [1.29, 1.82) is 0 Å². The van der Waals surface area contributed by atoms with Gasteiger partial charge in [-0.2, -0.15) is 0 Å². The van der Waals surface area contributed by atoms with Gasteiger partial charge in [0.05, 0.1) is 23.7 Å². The van der Waals surface area contributed by atoms with Crippen molar-refractivity contribution >= 4 is 16.1 Å². The smallest absolute Gasteiger partial charge is 0.421 e. The summed E-state index contributed by atoms with van der Waals surface area (Å²) in [6.07, 6.45) is 7.42. The van der Waals surface area contributed by atoms with Crippen LogP contribution in [0.25, 0.3) is 0 Å². The third-order valence-corrected chi connectivity index (χ3v) is 14.5. The highest BCUT2D eigenvalue weighted by molar-refractivity contribution is 7.90. The molecule has 0 spiro atoms. The van der Waals surface area contributed by atoms with Crippen molar-refractivity contribution in [3.05, 3.63) is 29.8 Å². The number of sulfonamides is 1. The van der Waals surface area contributed by atoms with Crippen molar-refractivity contribution < 1.29 is 28.2 Å². The summed E-state index contributed by atoms with van der Waals surface area (Å²) in [7, 11) is -4.02. The quantitative estimate of drug-likeness (QED) is 0.297. The van der Waals surface area contributed by atoms with Crippen LogP contribution in [0.5, 0.6) is 0 Å². The molecule has 0 saturated heterocycles. The van der Waals surface area contributed by atoms with Crippen molar-refractivity contribution in [3.8, 4) is 0 Å². The molecule has 4 aliphatic carbocycles. The van der Waals surface area contributed by atoms with E-state index in [2.05, 4.69) is 53.2 Å². The summed E-state index contributed by atoms with van der Waals surface area (Å²) in [5, 5.41) is 22.5. The number of nitrogens with one attached hydrogen (secondary N) is 1. The number of benzene rings is 1. The van der Waals surface area contributed by atoms with Gasteiger partial charge >= 0.3 is 6.09 Å². The Kier molecular flexibility index (Phi) is 9.34. The van der Waals surface area contributed by atoms with E-state index in [9.17, 15) is 23.4 Å². The molecule has 4 fully saturated rings. The Morgan fingerprint density at radius 3 is 2.27 bits per heavy atom. The fraction of sp³-hybridized carbons (Fsp3) is 0.806. The van der Waals surface area contributed by atoms with E-state index in [1.807, 2.05) is 0 Å². The first-order chi connectivity index (χ1) is 20.5. The van der Waals surface area contributed by atoms with E-state index in [0.717, 1.165) is 56.9 Å². The molecule has 4 aliphatic rings. The number of rotatable bonds is 7. The van der Waals surface area contributed by atoms with Crippen LogP contribution in [0.3, 0.4) is 0 Å². The largest absolute Gasteiger partial charge is 0.449 e. The molecule has 4 saturated carbocycles.